The number of piperidine rings is 1. The molecule has 3 nitrogen and oxygen atoms in total. The van der Waals surface area contributed by atoms with Crippen molar-refractivity contribution in [1.82, 2.24) is 4.90 Å². The first kappa shape index (κ1) is 15.9. The van der Waals surface area contributed by atoms with Crippen LogP contribution in [0.4, 0.5) is 0 Å². The lowest BCUT2D eigenvalue weighted by Crippen LogP contribution is -2.40. The highest BCUT2D eigenvalue weighted by Crippen LogP contribution is 2.27. The lowest BCUT2D eigenvalue weighted by molar-refractivity contribution is -0.133. The molecule has 2 aromatic carbocycles. The van der Waals surface area contributed by atoms with E-state index in [1.165, 1.54) is 0 Å². The molecule has 1 aliphatic rings. The zero-order valence-corrected chi connectivity index (χ0v) is 14.2. The fourth-order valence-electron chi connectivity index (χ4n) is 3.28. The standard InChI is InChI=1S/C20H25NO2/c1-14-8-10-21(11-9-14)20(22)15(2)16-4-5-18-13-19(23-3)7-6-17(18)12-16/h4-7,12-15H,8-11H2,1-3H3/t15-/m0/s1. The normalized spacial score (nSPS) is 17.3. The Balaban J connectivity index is 1.80. The van der Waals surface area contributed by atoms with Crippen LogP contribution in [-0.2, 0) is 4.79 Å². The first-order valence-electron chi connectivity index (χ1n) is 8.45. The Morgan fingerprint density at radius 2 is 1.78 bits per heavy atom. The SMILES string of the molecule is COc1ccc2cc([C@H](C)C(=O)N3CCC(C)CC3)ccc2c1. The molecule has 3 heteroatoms. The molecule has 0 unspecified atom stereocenters. The van der Waals surface area contributed by atoms with Crippen LogP contribution in [0.1, 0.15) is 38.2 Å². The van der Waals surface area contributed by atoms with E-state index < -0.39 is 0 Å². The van der Waals surface area contributed by atoms with E-state index in [1.54, 1.807) is 7.11 Å². The third kappa shape index (κ3) is 3.34. The summed E-state index contributed by atoms with van der Waals surface area (Å²) >= 11 is 0. The number of likely N-dealkylation sites (tertiary alicyclic amines) is 1. The van der Waals surface area contributed by atoms with Crippen LogP contribution >= 0.6 is 0 Å². The second-order valence-corrected chi connectivity index (χ2v) is 6.70. The summed E-state index contributed by atoms with van der Waals surface area (Å²) < 4.78 is 5.27. The van der Waals surface area contributed by atoms with Gasteiger partial charge in [-0.25, -0.2) is 0 Å². The maximum Gasteiger partial charge on any atom is 0.229 e. The van der Waals surface area contributed by atoms with Crippen LogP contribution < -0.4 is 4.74 Å². The van der Waals surface area contributed by atoms with E-state index in [4.69, 9.17) is 4.74 Å². The van der Waals surface area contributed by atoms with Gasteiger partial charge in [-0.1, -0.05) is 31.2 Å². The van der Waals surface area contributed by atoms with Gasteiger partial charge in [-0.2, -0.15) is 0 Å². The summed E-state index contributed by atoms with van der Waals surface area (Å²) in [5.41, 5.74) is 1.09. The van der Waals surface area contributed by atoms with Crippen molar-refractivity contribution in [2.45, 2.75) is 32.6 Å². The molecule has 0 aliphatic carbocycles. The first-order valence-corrected chi connectivity index (χ1v) is 8.45. The average molecular weight is 311 g/mol. The minimum atomic E-state index is -0.0880. The van der Waals surface area contributed by atoms with E-state index in [9.17, 15) is 4.79 Å². The highest BCUT2D eigenvalue weighted by Gasteiger charge is 2.25. The summed E-state index contributed by atoms with van der Waals surface area (Å²) in [5.74, 6) is 1.77. The number of benzene rings is 2. The molecule has 1 amide bonds. The van der Waals surface area contributed by atoms with Crippen LogP contribution in [0.2, 0.25) is 0 Å². The van der Waals surface area contributed by atoms with E-state index in [0.29, 0.717) is 0 Å². The van der Waals surface area contributed by atoms with Crippen LogP contribution in [0.3, 0.4) is 0 Å². The molecule has 1 aliphatic heterocycles. The van der Waals surface area contributed by atoms with Crippen molar-refractivity contribution >= 4 is 16.7 Å². The molecule has 0 aromatic heterocycles. The molecule has 1 atom stereocenters. The maximum atomic E-state index is 12.7. The van der Waals surface area contributed by atoms with Gasteiger partial charge in [-0.3, -0.25) is 4.79 Å². The van der Waals surface area contributed by atoms with Crippen molar-refractivity contribution in [1.29, 1.82) is 0 Å². The Kier molecular flexibility index (Phi) is 4.56. The molecule has 0 radical (unpaired) electrons. The number of hydrogen-bond acceptors (Lipinski definition) is 2. The Bertz CT molecular complexity index is 702. The molecule has 3 rings (SSSR count). The quantitative estimate of drug-likeness (QED) is 0.850. The van der Waals surface area contributed by atoms with Crippen molar-refractivity contribution in [2.75, 3.05) is 20.2 Å². The summed E-state index contributed by atoms with van der Waals surface area (Å²) in [6.07, 6.45) is 2.24. The summed E-state index contributed by atoms with van der Waals surface area (Å²) in [7, 11) is 1.68. The summed E-state index contributed by atoms with van der Waals surface area (Å²) in [4.78, 5) is 14.8. The van der Waals surface area contributed by atoms with Gasteiger partial charge in [-0.15, -0.1) is 0 Å². The number of carbonyl (C=O) groups excluding carboxylic acids is 1. The second kappa shape index (κ2) is 6.61. The van der Waals surface area contributed by atoms with Gasteiger partial charge in [0.2, 0.25) is 5.91 Å². The Morgan fingerprint density at radius 1 is 1.13 bits per heavy atom. The lowest BCUT2D eigenvalue weighted by atomic mass is 9.94. The molecule has 1 heterocycles. The van der Waals surface area contributed by atoms with E-state index in [0.717, 1.165) is 53.9 Å². The highest BCUT2D eigenvalue weighted by atomic mass is 16.5. The Hall–Kier alpha value is -2.03. The zero-order chi connectivity index (χ0) is 16.4. The number of rotatable bonds is 3. The van der Waals surface area contributed by atoms with Crippen molar-refractivity contribution in [3.8, 4) is 5.75 Å². The molecule has 0 N–H and O–H groups in total. The van der Waals surface area contributed by atoms with Crippen molar-refractivity contribution in [3.05, 3.63) is 42.0 Å². The van der Waals surface area contributed by atoms with Crippen molar-refractivity contribution in [3.63, 3.8) is 0 Å². The van der Waals surface area contributed by atoms with Crippen LogP contribution in [0.15, 0.2) is 36.4 Å². The molecule has 0 bridgehead atoms. The zero-order valence-electron chi connectivity index (χ0n) is 14.2. The minimum absolute atomic E-state index is 0.0880. The van der Waals surface area contributed by atoms with Crippen molar-refractivity contribution in [2.24, 2.45) is 5.92 Å². The van der Waals surface area contributed by atoms with Gasteiger partial charge >= 0.3 is 0 Å². The average Bonchev–Trinajstić information content (AvgIpc) is 2.60. The van der Waals surface area contributed by atoms with Gasteiger partial charge < -0.3 is 9.64 Å². The van der Waals surface area contributed by atoms with E-state index in [-0.39, 0.29) is 11.8 Å². The Morgan fingerprint density at radius 3 is 2.48 bits per heavy atom. The second-order valence-electron chi connectivity index (χ2n) is 6.70. The summed E-state index contributed by atoms with van der Waals surface area (Å²) in [6, 6.07) is 12.3. The molecule has 122 valence electrons. The van der Waals surface area contributed by atoms with Crippen LogP contribution in [-0.4, -0.2) is 31.0 Å². The van der Waals surface area contributed by atoms with Crippen LogP contribution in [0.25, 0.3) is 10.8 Å². The van der Waals surface area contributed by atoms with E-state index in [2.05, 4.69) is 31.2 Å². The maximum absolute atomic E-state index is 12.7. The molecule has 23 heavy (non-hydrogen) atoms. The number of carbonyl (C=O) groups is 1. The van der Waals surface area contributed by atoms with Crippen molar-refractivity contribution < 1.29 is 9.53 Å². The molecule has 1 fully saturated rings. The third-order valence-corrected chi connectivity index (χ3v) is 5.04. The number of nitrogens with zero attached hydrogens (tertiary/aromatic N) is 1. The largest absolute Gasteiger partial charge is 0.497 e. The lowest BCUT2D eigenvalue weighted by Gasteiger charge is -2.32. The fourth-order valence-corrected chi connectivity index (χ4v) is 3.28. The summed E-state index contributed by atoms with van der Waals surface area (Å²) in [5, 5.41) is 2.29. The van der Waals surface area contributed by atoms with Gasteiger partial charge in [0.05, 0.1) is 13.0 Å². The number of ether oxygens (including phenoxy) is 1. The van der Waals surface area contributed by atoms with Crippen LogP contribution in [0.5, 0.6) is 5.75 Å². The molecular weight excluding hydrogens is 286 g/mol. The number of hydrogen-bond donors (Lipinski definition) is 0. The van der Waals surface area contributed by atoms with Gasteiger partial charge in [0.25, 0.3) is 0 Å². The van der Waals surface area contributed by atoms with Gasteiger partial charge in [0.15, 0.2) is 0 Å². The molecule has 1 saturated heterocycles. The number of methoxy groups -OCH3 is 1. The van der Waals surface area contributed by atoms with E-state index in [1.807, 2.05) is 24.0 Å². The van der Waals surface area contributed by atoms with Crippen LogP contribution in [0, 0.1) is 5.92 Å². The first-order chi connectivity index (χ1) is 11.1. The smallest absolute Gasteiger partial charge is 0.229 e. The highest BCUT2D eigenvalue weighted by molar-refractivity contribution is 5.88. The topological polar surface area (TPSA) is 29.5 Å². The van der Waals surface area contributed by atoms with Gasteiger partial charge in [-0.05, 0) is 54.2 Å². The third-order valence-electron chi connectivity index (χ3n) is 5.04. The number of fused-ring (bicyclic) bond motifs is 1. The minimum Gasteiger partial charge on any atom is -0.497 e. The molecule has 0 spiro atoms. The van der Waals surface area contributed by atoms with Gasteiger partial charge in [0, 0.05) is 13.1 Å². The number of amides is 1. The Labute approximate surface area is 138 Å². The van der Waals surface area contributed by atoms with Gasteiger partial charge in [0.1, 0.15) is 5.75 Å². The molecule has 0 saturated carbocycles. The van der Waals surface area contributed by atoms with E-state index >= 15 is 0 Å². The predicted octanol–water partition coefficient (Wildman–Crippen LogP) is 4.21. The summed E-state index contributed by atoms with van der Waals surface area (Å²) in [6.45, 7) is 6.08. The predicted molar refractivity (Wildman–Crippen MR) is 93.9 cm³/mol. The molecular formula is C20H25NO2. The fraction of sp³-hybridized carbons (Fsp3) is 0.450. The monoisotopic (exact) mass is 311 g/mol. The molecule has 2 aromatic rings.